The van der Waals surface area contributed by atoms with Gasteiger partial charge < -0.3 is 0 Å². The Labute approximate surface area is 167 Å². The fourth-order valence-electron chi connectivity index (χ4n) is 3.05. The highest BCUT2D eigenvalue weighted by atomic mass is 35.5. The Morgan fingerprint density at radius 2 is 1.86 bits per heavy atom. The van der Waals surface area contributed by atoms with Crippen LogP contribution in [0.15, 0.2) is 52.4 Å². The van der Waals surface area contributed by atoms with Crippen LogP contribution >= 0.6 is 23.4 Å². The summed E-state index contributed by atoms with van der Waals surface area (Å²) in [5.74, 6) is -1.09. The van der Waals surface area contributed by atoms with Crippen molar-refractivity contribution >= 4 is 40.0 Å². The Hall–Kier alpha value is -2.32. The maximum absolute atomic E-state index is 13.6. The van der Waals surface area contributed by atoms with Crippen LogP contribution in [0.4, 0.5) is 13.2 Å². The maximum atomic E-state index is 13.6. The quantitative estimate of drug-likeness (QED) is 0.401. The standard InChI is InChI=1S/C19H14ClF3N4S/c1-2-6-11-9-12(20)10-14-15(11)24-17(28-13-7-4-3-5-8-13)16-25-26-18(27(14)16)19(21,22)23/h3-5,7-10H,2,6H2,1H3. The van der Waals surface area contributed by atoms with Gasteiger partial charge in [0.2, 0.25) is 5.82 Å². The molecule has 4 rings (SSSR count). The van der Waals surface area contributed by atoms with Crippen LogP contribution in [-0.4, -0.2) is 19.6 Å². The highest BCUT2D eigenvalue weighted by molar-refractivity contribution is 7.99. The Morgan fingerprint density at radius 3 is 2.54 bits per heavy atom. The van der Waals surface area contributed by atoms with Gasteiger partial charge in [0.05, 0.1) is 11.0 Å². The van der Waals surface area contributed by atoms with Gasteiger partial charge in [0.1, 0.15) is 5.03 Å². The first-order valence-electron chi connectivity index (χ1n) is 8.56. The zero-order valence-electron chi connectivity index (χ0n) is 14.7. The zero-order chi connectivity index (χ0) is 19.9. The van der Waals surface area contributed by atoms with Crippen LogP contribution in [0.2, 0.25) is 5.02 Å². The lowest BCUT2D eigenvalue weighted by Crippen LogP contribution is -2.12. The van der Waals surface area contributed by atoms with Gasteiger partial charge in [-0.2, -0.15) is 13.2 Å². The molecule has 2 aromatic heterocycles. The van der Waals surface area contributed by atoms with Crippen molar-refractivity contribution in [3.63, 3.8) is 0 Å². The molecule has 0 aliphatic heterocycles. The van der Waals surface area contributed by atoms with Crippen molar-refractivity contribution in [3.05, 3.63) is 58.9 Å². The monoisotopic (exact) mass is 422 g/mol. The fourth-order valence-corrected chi connectivity index (χ4v) is 4.17. The van der Waals surface area contributed by atoms with E-state index in [0.29, 0.717) is 22.0 Å². The van der Waals surface area contributed by atoms with E-state index in [1.807, 2.05) is 37.3 Å². The highest BCUT2D eigenvalue weighted by Gasteiger charge is 2.38. The summed E-state index contributed by atoms with van der Waals surface area (Å²) in [7, 11) is 0. The number of halogens is 4. The molecule has 2 aromatic carbocycles. The lowest BCUT2D eigenvalue weighted by atomic mass is 10.1. The second kappa shape index (κ2) is 7.25. The van der Waals surface area contributed by atoms with E-state index in [9.17, 15) is 13.2 Å². The van der Waals surface area contributed by atoms with Crippen molar-refractivity contribution in [2.75, 3.05) is 0 Å². The zero-order valence-corrected chi connectivity index (χ0v) is 16.2. The number of nitrogens with zero attached hydrogens (tertiary/aromatic N) is 4. The van der Waals surface area contributed by atoms with Gasteiger partial charge in [-0.3, -0.25) is 4.40 Å². The number of alkyl halides is 3. The molecule has 0 atom stereocenters. The molecule has 2 heterocycles. The van der Waals surface area contributed by atoms with Crippen molar-refractivity contribution in [1.29, 1.82) is 0 Å². The van der Waals surface area contributed by atoms with Crippen LogP contribution in [0.25, 0.3) is 16.7 Å². The lowest BCUT2D eigenvalue weighted by molar-refractivity contribution is -0.145. The second-order valence-electron chi connectivity index (χ2n) is 6.20. The molecule has 0 bridgehead atoms. The molecule has 0 radical (unpaired) electrons. The number of benzene rings is 2. The van der Waals surface area contributed by atoms with E-state index in [4.69, 9.17) is 11.6 Å². The van der Waals surface area contributed by atoms with E-state index in [2.05, 4.69) is 15.2 Å². The molecule has 0 N–H and O–H groups in total. The van der Waals surface area contributed by atoms with Gasteiger partial charge in [0.25, 0.3) is 0 Å². The molecule has 0 spiro atoms. The molecule has 28 heavy (non-hydrogen) atoms. The Balaban J connectivity index is 2.07. The minimum Gasteiger partial charge on any atom is -0.267 e. The molecule has 0 fully saturated rings. The molecule has 4 aromatic rings. The summed E-state index contributed by atoms with van der Waals surface area (Å²) in [6.07, 6.45) is -3.20. The van der Waals surface area contributed by atoms with Crippen molar-refractivity contribution in [2.45, 2.75) is 35.9 Å². The molecular weight excluding hydrogens is 409 g/mol. The van der Waals surface area contributed by atoms with Gasteiger partial charge in [-0.25, -0.2) is 4.98 Å². The minimum atomic E-state index is -4.66. The average molecular weight is 423 g/mol. The molecule has 0 aliphatic carbocycles. The molecule has 144 valence electrons. The predicted octanol–water partition coefficient (Wildman–Crippen LogP) is 6.05. The Kier molecular flexibility index (Phi) is 4.93. The van der Waals surface area contributed by atoms with Crippen LogP contribution in [0.1, 0.15) is 24.7 Å². The summed E-state index contributed by atoms with van der Waals surface area (Å²) in [6, 6.07) is 12.5. The Morgan fingerprint density at radius 1 is 1.11 bits per heavy atom. The van der Waals surface area contributed by atoms with Gasteiger partial charge in [0, 0.05) is 9.92 Å². The topological polar surface area (TPSA) is 43.1 Å². The van der Waals surface area contributed by atoms with E-state index in [0.717, 1.165) is 21.3 Å². The summed E-state index contributed by atoms with van der Waals surface area (Å²) >= 11 is 7.45. The van der Waals surface area contributed by atoms with Crippen molar-refractivity contribution < 1.29 is 13.2 Å². The lowest BCUT2D eigenvalue weighted by Gasteiger charge is -2.13. The number of aryl methyl sites for hydroxylation is 1. The van der Waals surface area contributed by atoms with E-state index in [1.54, 1.807) is 6.07 Å². The number of rotatable bonds is 4. The molecule has 0 unspecified atom stereocenters. The van der Waals surface area contributed by atoms with E-state index in [-0.39, 0.29) is 11.2 Å². The van der Waals surface area contributed by atoms with E-state index < -0.39 is 12.0 Å². The summed E-state index contributed by atoms with van der Waals surface area (Å²) in [5.41, 5.74) is 1.57. The SMILES string of the molecule is CCCc1cc(Cl)cc2c1nc(Sc1ccccc1)c1nnc(C(F)(F)F)n12. The number of fused-ring (bicyclic) bond motifs is 3. The van der Waals surface area contributed by atoms with Gasteiger partial charge in [-0.15, -0.1) is 10.2 Å². The maximum Gasteiger partial charge on any atom is 0.452 e. The molecule has 0 saturated heterocycles. The molecular formula is C19H14ClF3N4S. The number of hydrogen-bond donors (Lipinski definition) is 0. The van der Waals surface area contributed by atoms with Gasteiger partial charge >= 0.3 is 6.18 Å². The first kappa shape index (κ1) is 19.0. The van der Waals surface area contributed by atoms with Gasteiger partial charge in [0.15, 0.2) is 5.65 Å². The Bertz CT molecular complexity index is 1160. The summed E-state index contributed by atoms with van der Waals surface area (Å²) in [6.45, 7) is 1.99. The average Bonchev–Trinajstić information content (AvgIpc) is 3.10. The van der Waals surface area contributed by atoms with Crippen LogP contribution < -0.4 is 0 Å². The number of aromatic nitrogens is 4. The van der Waals surface area contributed by atoms with Crippen LogP contribution in [0.3, 0.4) is 0 Å². The number of hydrogen-bond acceptors (Lipinski definition) is 4. The normalized spacial score (nSPS) is 12.2. The summed E-state index contributed by atoms with van der Waals surface area (Å²) in [5, 5.41) is 7.93. The molecule has 0 saturated carbocycles. The highest BCUT2D eigenvalue weighted by Crippen LogP contribution is 2.36. The van der Waals surface area contributed by atoms with Crippen molar-refractivity contribution in [1.82, 2.24) is 19.6 Å². The predicted molar refractivity (Wildman–Crippen MR) is 103 cm³/mol. The first-order chi connectivity index (χ1) is 13.4. The van der Waals surface area contributed by atoms with Gasteiger partial charge in [-0.05, 0) is 36.2 Å². The molecule has 0 aliphatic rings. The van der Waals surface area contributed by atoms with Crippen molar-refractivity contribution in [3.8, 4) is 0 Å². The van der Waals surface area contributed by atoms with Crippen molar-refractivity contribution in [2.24, 2.45) is 0 Å². The third-order valence-electron chi connectivity index (χ3n) is 4.17. The smallest absolute Gasteiger partial charge is 0.267 e. The first-order valence-corrected chi connectivity index (χ1v) is 9.75. The molecule has 9 heteroatoms. The van der Waals surface area contributed by atoms with E-state index >= 15 is 0 Å². The van der Waals surface area contributed by atoms with Crippen LogP contribution in [-0.2, 0) is 12.6 Å². The largest absolute Gasteiger partial charge is 0.452 e. The molecule has 0 amide bonds. The second-order valence-corrected chi connectivity index (χ2v) is 7.69. The third kappa shape index (κ3) is 3.42. The van der Waals surface area contributed by atoms with Crippen LogP contribution in [0.5, 0.6) is 0 Å². The van der Waals surface area contributed by atoms with Gasteiger partial charge in [-0.1, -0.05) is 54.9 Å². The third-order valence-corrected chi connectivity index (χ3v) is 5.37. The van der Waals surface area contributed by atoms with Crippen LogP contribution in [0, 0.1) is 0 Å². The molecule has 4 nitrogen and oxygen atoms in total. The fraction of sp³-hybridized carbons (Fsp3) is 0.211. The summed E-state index contributed by atoms with van der Waals surface area (Å²) in [4.78, 5) is 5.51. The minimum absolute atomic E-state index is 0.0541. The summed E-state index contributed by atoms with van der Waals surface area (Å²) < 4.78 is 41.8. The van der Waals surface area contributed by atoms with E-state index in [1.165, 1.54) is 17.8 Å².